The second-order valence-electron chi connectivity index (χ2n) is 14.6. The predicted molar refractivity (Wildman–Crippen MR) is 237 cm³/mol. The molecule has 0 saturated carbocycles. The van der Waals surface area contributed by atoms with E-state index in [1.807, 2.05) is 31.2 Å². The molecule has 0 radical (unpaired) electrons. The fourth-order valence-electron chi connectivity index (χ4n) is 6.10. The Kier molecular flexibility index (Phi) is 22.0. The van der Waals surface area contributed by atoms with Gasteiger partial charge in [-0.1, -0.05) is 90.9 Å². The minimum Gasteiger partial charge on any atom is -0.453 e. The molecule has 7 rings (SSSR count). The summed E-state index contributed by atoms with van der Waals surface area (Å²) in [7, 11) is 2.63. The molecule has 12 nitrogen and oxygen atoms in total. The number of alkyl carbamates (subject to hydrolysis) is 2. The summed E-state index contributed by atoms with van der Waals surface area (Å²) in [5.41, 5.74) is 8.57. The molecule has 3 aromatic carbocycles. The molecule has 0 aliphatic carbocycles. The van der Waals surface area contributed by atoms with Crippen molar-refractivity contribution in [1.29, 1.82) is 0 Å². The van der Waals surface area contributed by atoms with Crippen molar-refractivity contribution in [2.75, 3.05) is 53.5 Å². The first kappa shape index (κ1) is 48.5. The van der Waals surface area contributed by atoms with E-state index in [4.69, 9.17) is 0 Å². The van der Waals surface area contributed by atoms with Gasteiger partial charge < -0.3 is 34.9 Å². The van der Waals surface area contributed by atoms with Crippen molar-refractivity contribution in [1.82, 2.24) is 25.4 Å². The molecule has 3 aliphatic heterocycles. The van der Waals surface area contributed by atoms with Crippen LogP contribution in [0.3, 0.4) is 0 Å². The van der Waals surface area contributed by atoms with Crippen LogP contribution in [0.1, 0.15) is 73.3 Å². The summed E-state index contributed by atoms with van der Waals surface area (Å²) in [5, 5.41) is 6.17. The first-order valence-electron chi connectivity index (χ1n) is 20.0. The van der Waals surface area contributed by atoms with E-state index in [1.165, 1.54) is 65.8 Å². The van der Waals surface area contributed by atoms with Gasteiger partial charge in [0.15, 0.2) is 0 Å². The van der Waals surface area contributed by atoms with E-state index in [0.717, 1.165) is 63.5 Å². The molecule has 58 heavy (non-hydrogen) atoms. The number of aromatic nitrogens is 1. The van der Waals surface area contributed by atoms with Crippen LogP contribution in [0.5, 0.6) is 0 Å². The lowest BCUT2D eigenvalue weighted by molar-refractivity contribution is -0.129. The molecule has 2 saturated heterocycles. The highest BCUT2D eigenvalue weighted by Crippen LogP contribution is 2.31. The summed E-state index contributed by atoms with van der Waals surface area (Å²) in [6.45, 7) is 14.7. The molecule has 3 aliphatic rings. The minimum absolute atomic E-state index is 0. The van der Waals surface area contributed by atoms with Gasteiger partial charge in [-0.25, -0.2) is 9.59 Å². The van der Waals surface area contributed by atoms with Crippen molar-refractivity contribution in [3.05, 3.63) is 78.5 Å². The van der Waals surface area contributed by atoms with E-state index in [-0.39, 0.29) is 26.0 Å². The number of aliphatic imine (C=N–C) groups is 1. The first-order chi connectivity index (χ1) is 27.5. The van der Waals surface area contributed by atoms with Gasteiger partial charge in [-0.05, 0) is 88.6 Å². The number of nitrogens with zero attached hydrogens (tertiary/aromatic N) is 3. The summed E-state index contributed by atoms with van der Waals surface area (Å²) in [6, 6.07) is 24.0. The maximum absolute atomic E-state index is 11.3. The Morgan fingerprint density at radius 1 is 0.862 bits per heavy atom. The summed E-state index contributed by atoms with van der Waals surface area (Å²) >= 11 is 0. The van der Waals surface area contributed by atoms with Crippen LogP contribution in [0.2, 0.25) is 0 Å². The lowest BCUT2D eigenvalue weighted by Crippen LogP contribution is -2.38. The number of hydrogen-bond donors (Lipinski definition) is 3. The van der Waals surface area contributed by atoms with Crippen LogP contribution in [-0.4, -0.2) is 99.0 Å². The average molecular weight is 799 g/mol. The highest BCUT2D eigenvalue weighted by molar-refractivity contribution is 5.85. The molecule has 12 heteroatoms. The number of rotatable bonds is 7. The van der Waals surface area contributed by atoms with Crippen LogP contribution in [0.25, 0.3) is 33.2 Å². The van der Waals surface area contributed by atoms with E-state index < -0.39 is 6.09 Å². The molecule has 0 spiro atoms. The minimum atomic E-state index is -0.562. The van der Waals surface area contributed by atoms with Crippen LogP contribution in [0.15, 0.2) is 77.9 Å². The van der Waals surface area contributed by atoms with Gasteiger partial charge in [0.1, 0.15) is 6.54 Å². The monoisotopic (exact) mass is 799 g/mol. The molecule has 4 heterocycles. The standard InChI is InChI=1S/C22H16N2.C8H14N2O3.C6H13NO2.C6H11NO.C3H8.CH4/c1-3-16(19-6-5-17-9-11-24-22(17)14-19)4-2-15(1)18-7-8-21-20(13-18)10-12-23-21;1-13-8(12)9-6-7(11)10-4-2-3-5-10;1-5(2)4-7-6(8)9-3;1-6-2-3-7(4-6)5-8;1-3-2;/h1-9,11-14,24H,10H2;2-6H2,1H3,(H,9,12);5H,4H2,1-3H3,(H,7,8);5-6H,2-4H2,1H3;3H2,1-2H3;1H4. The Hall–Kier alpha value is -5.65. The maximum atomic E-state index is 11.3. The van der Waals surface area contributed by atoms with Crippen molar-refractivity contribution in [2.24, 2.45) is 16.8 Å². The number of carbonyl (C=O) groups is 4. The third-order valence-corrected chi connectivity index (χ3v) is 9.20. The zero-order chi connectivity index (χ0) is 41.6. The van der Waals surface area contributed by atoms with Crippen LogP contribution >= 0.6 is 0 Å². The third kappa shape index (κ3) is 16.4. The number of aromatic amines is 1. The number of amides is 4. The SMILES string of the molecule is C.C1=Nc2ccc(-c3ccc(-c4ccc5cc[nH]c5c4)cc3)cc2C1.CC1CCN(C=O)C1.CCC.COC(=O)NCC(=O)N1CCCC1.COC(=O)NCC(C)C. The van der Waals surface area contributed by atoms with Gasteiger partial charge in [-0.15, -0.1) is 0 Å². The first-order valence-corrected chi connectivity index (χ1v) is 20.0. The fourth-order valence-corrected chi connectivity index (χ4v) is 6.10. The Bertz CT molecular complexity index is 1870. The Balaban J connectivity index is 0.000000290. The van der Waals surface area contributed by atoms with E-state index in [9.17, 15) is 19.2 Å². The van der Waals surface area contributed by atoms with Crippen molar-refractivity contribution in [3.63, 3.8) is 0 Å². The second kappa shape index (κ2) is 26.3. The van der Waals surface area contributed by atoms with Gasteiger partial charge in [0.25, 0.3) is 0 Å². The van der Waals surface area contributed by atoms with Crippen LogP contribution in [0, 0.1) is 11.8 Å². The molecule has 3 N–H and O–H groups in total. The number of ether oxygens (including phenoxy) is 2. The molecule has 316 valence electrons. The van der Waals surface area contributed by atoms with Gasteiger partial charge in [0.05, 0.1) is 19.9 Å². The summed E-state index contributed by atoms with van der Waals surface area (Å²) in [5.74, 6) is 1.16. The fraction of sp³-hybridized carbons (Fsp3) is 0.457. The zero-order valence-electron chi connectivity index (χ0n) is 34.8. The third-order valence-electron chi connectivity index (χ3n) is 9.20. The van der Waals surface area contributed by atoms with Crippen molar-refractivity contribution < 1.29 is 28.7 Å². The van der Waals surface area contributed by atoms with Gasteiger partial charge in [0.2, 0.25) is 12.3 Å². The molecular formula is C46H66N6O6. The molecule has 0 bridgehead atoms. The number of H-pyrrole nitrogens is 1. The maximum Gasteiger partial charge on any atom is 0.407 e. The van der Waals surface area contributed by atoms with Gasteiger partial charge in [-0.3, -0.25) is 14.6 Å². The van der Waals surface area contributed by atoms with Crippen LogP contribution < -0.4 is 10.6 Å². The summed E-state index contributed by atoms with van der Waals surface area (Å²) < 4.78 is 8.69. The van der Waals surface area contributed by atoms with Crippen molar-refractivity contribution >= 4 is 47.3 Å². The lowest BCUT2D eigenvalue weighted by Gasteiger charge is -2.14. The van der Waals surface area contributed by atoms with Gasteiger partial charge in [0, 0.05) is 57.1 Å². The highest BCUT2D eigenvalue weighted by Gasteiger charge is 2.18. The molecule has 4 amide bonds. The molecule has 1 atom stereocenters. The quantitative estimate of drug-likeness (QED) is 0.159. The molecule has 2 fully saturated rings. The normalized spacial score (nSPS) is 14.4. The predicted octanol–water partition coefficient (Wildman–Crippen LogP) is 9.26. The molecule has 1 aromatic heterocycles. The Morgan fingerprint density at radius 3 is 2.00 bits per heavy atom. The zero-order valence-corrected chi connectivity index (χ0v) is 34.8. The molecule has 1 unspecified atom stereocenters. The largest absolute Gasteiger partial charge is 0.453 e. The number of benzene rings is 3. The highest BCUT2D eigenvalue weighted by atomic mass is 16.5. The van der Waals surface area contributed by atoms with E-state index >= 15 is 0 Å². The number of hydrogen-bond acceptors (Lipinski definition) is 7. The smallest absolute Gasteiger partial charge is 0.407 e. The van der Waals surface area contributed by atoms with Gasteiger partial charge in [-0.2, -0.15) is 0 Å². The number of nitrogens with one attached hydrogen (secondary N) is 3. The number of fused-ring (bicyclic) bond motifs is 2. The van der Waals surface area contributed by atoms with Crippen molar-refractivity contribution in [2.45, 2.75) is 74.1 Å². The van der Waals surface area contributed by atoms with E-state index in [2.05, 4.69) is 118 Å². The number of carbonyl (C=O) groups excluding carboxylic acids is 4. The van der Waals surface area contributed by atoms with Crippen molar-refractivity contribution in [3.8, 4) is 22.3 Å². The number of methoxy groups -OCH3 is 2. The second-order valence-corrected chi connectivity index (χ2v) is 14.6. The van der Waals surface area contributed by atoms with Crippen LogP contribution in [0.4, 0.5) is 15.3 Å². The summed E-state index contributed by atoms with van der Waals surface area (Å²) in [6.07, 6.45) is 9.47. The number of likely N-dealkylation sites (tertiary alicyclic amines) is 2. The van der Waals surface area contributed by atoms with E-state index in [1.54, 1.807) is 4.90 Å². The lowest BCUT2D eigenvalue weighted by atomic mass is 9.98. The van der Waals surface area contributed by atoms with Gasteiger partial charge >= 0.3 is 12.2 Å². The Morgan fingerprint density at radius 2 is 1.45 bits per heavy atom. The molecule has 4 aromatic rings. The van der Waals surface area contributed by atoms with Crippen LogP contribution in [-0.2, 0) is 25.5 Å². The topological polar surface area (TPSA) is 145 Å². The average Bonchev–Trinajstić information content (AvgIpc) is 4.08. The van der Waals surface area contributed by atoms with E-state index in [0.29, 0.717) is 12.5 Å². The Labute approximate surface area is 345 Å². The summed E-state index contributed by atoms with van der Waals surface area (Å²) in [4.78, 5) is 53.6. The molecular weight excluding hydrogens is 733 g/mol.